The third kappa shape index (κ3) is 3.15. The summed E-state index contributed by atoms with van der Waals surface area (Å²) in [5.41, 5.74) is 1.24. The minimum Gasteiger partial charge on any atom is -0.295 e. The molecule has 0 unspecified atom stereocenters. The third-order valence-electron chi connectivity index (χ3n) is 3.12. The second kappa shape index (κ2) is 6.50. The van der Waals surface area contributed by atoms with E-state index in [1.807, 2.05) is 4.57 Å². The zero-order chi connectivity index (χ0) is 15.5. The Morgan fingerprint density at radius 2 is 1.86 bits per heavy atom. The first-order valence-electron chi connectivity index (χ1n) is 6.50. The first-order valence-corrected chi connectivity index (χ1v) is 7.86. The van der Waals surface area contributed by atoms with Crippen LogP contribution in [0.25, 0.3) is 5.69 Å². The van der Waals surface area contributed by atoms with Gasteiger partial charge in [0.1, 0.15) is 11.6 Å². The standard InChI is InChI=1S/C16H11ClF2N2S/c17-14-2-1-3-15(19)13(14)10-22-16-20-8-9-21(16)12-6-4-11(18)5-7-12/h1-9H,10H2. The maximum atomic E-state index is 13.8. The lowest BCUT2D eigenvalue weighted by atomic mass is 10.2. The van der Waals surface area contributed by atoms with Crippen LogP contribution in [0.15, 0.2) is 60.0 Å². The number of hydrogen-bond donors (Lipinski definition) is 0. The van der Waals surface area contributed by atoms with Gasteiger partial charge in [-0.25, -0.2) is 13.8 Å². The highest BCUT2D eigenvalue weighted by atomic mass is 35.5. The molecule has 0 bridgehead atoms. The molecule has 0 aliphatic rings. The zero-order valence-corrected chi connectivity index (χ0v) is 12.9. The largest absolute Gasteiger partial charge is 0.295 e. The molecule has 112 valence electrons. The van der Waals surface area contributed by atoms with Gasteiger partial charge < -0.3 is 0 Å². The van der Waals surface area contributed by atoms with Crippen molar-refractivity contribution in [1.82, 2.24) is 9.55 Å². The second-order valence-electron chi connectivity index (χ2n) is 4.55. The summed E-state index contributed by atoms with van der Waals surface area (Å²) in [5, 5.41) is 1.08. The van der Waals surface area contributed by atoms with Crippen LogP contribution < -0.4 is 0 Å². The molecule has 0 saturated carbocycles. The number of hydrogen-bond acceptors (Lipinski definition) is 2. The summed E-state index contributed by atoms with van der Waals surface area (Å²) in [6.45, 7) is 0. The van der Waals surface area contributed by atoms with Crippen LogP contribution in [0.4, 0.5) is 8.78 Å². The fourth-order valence-corrected chi connectivity index (χ4v) is 3.32. The Balaban J connectivity index is 1.83. The Kier molecular flexibility index (Phi) is 4.45. The molecule has 2 aromatic carbocycles. The molecule has 0 atom stereocenters. The molecule has 0 spiro atoms. The van der Waals surface area contributed by atoms with Gasteiger partial charge in [0, 0.05) is 34.4 Å². The highest BCUT2D eigenvalue weighted by Gasteiger charge is 2.11. The maximum Gasteiger partial charge on any atom is 0.172 e. The van der Waals surface area contributed by atoms with Crippen LogP contribution in [0.2, 0.25) is 5.02 Å². The molecule has 0 aliphatic carbocycles. The predicted octanol–water partition coefficient (Wildman–Crippen LogP) is 5.10. The third-order valence-corrected chi connectivity index (χ3v) is 4.47. The van der Waals surface area contributed by atoms with Crippen molar-refractivity contribution < 1.29 is 8.78 Å². The van der Waals surface area contributed by atoms with E-state index in [1.54, 1.807) is 36.7 Å². The molecule has 22 heavy (non-hydrogen) atoms. The Morgan fingerprint density at radius 1 is 1.09 bits per heavy atom. The molecule has 0 radical (unpaired) electrons. The molecule has 6 heteroatoms. The Labute approximate surface area is 135 Å². The zero-order valence-electron chi connectivity index (χ0n) is 11.3. The molecule has 1 aromatic heterocycles. The van der Waals surface area contributed by atoms with Gasteiger partial charge in [0.15, 0.2) is 5.16 Å². The van der Waals surface area contributed by atoms with Gasteiger partial charge in [0.05, 0.1) is 0 Å². The number of rotatable bonds is 4. The highest BCUT2D eigenvalue weighted by Crippen LogP contribution is 2.29. The number of imidazole rings is 1. The monoisotopic (exact) mass is 336 g/mol. The van der Waals surface area contributed by atoms with E-state index in [0.29, 0.717) is 21.5 Å². The number of benzene rings is 2. The summed E-state index contributed by atoms with van der Waals surface area (Å²) in [6, 6.07) is 10.7. The van der Waals surface area contributed by atoms with E-state index in [0.717, 1.165) is 5.69 Å². The van der Waals surface area contributed by atoms with Gasteiger partial charge in [-0.3, -0.25) is 4.57 Å². The number of halogens is 3. The van der Waals surface area contributed by atoms with Gasteiger partial charge in [0.2, 0.25) is 0 Å². The van der Waals surface area contributed by atoms with Gasteiger partial charge in [0.25, 0.3) is 0 Å². The van der Waals surface area contributed by atoms with E-state index in [4.69, 9.17) is 11.6 Å². The molecule has 0 fully saturated rings. The lowest BCUT2D eigenvalue weighted by Crippen LogP contribution is -1.96. The average Bonchev–Trinajstić information content (AvgIpc) is 2.96. The second-order valence-corrected chi connectivity index (χ2v) is 5.89. The fourth-order valence-electron chi connectivity index (χ4n) is 2.00. The normalized spacial score (nSPS) is 10.9. The summed E-state index contributed by atoms with van der Waals surface area (Å²) in [5.74, 6) is -0.264. The van der Waals surface area contributed by atoms with Crippen LogP contribution in [0.5, 0.6) is 0 Å². The van der Waals surface area contributed by atoms with E-state index < -0.39 is 0 Å². The quantitative estimate of drug-likeness (QED) is 0.617. The highest BCUT2D eigenvalue weighted by molar-refractivity contribution is 7.98. The number of thioether (sulfide) groups is 1. The first kappa shape index (κ1) is 15.1. The van der Waals surface area contributed by atoms with Crippen LogP contribution in [-0.2, 0) is 5.75 Å². The minimum absolute atomic E-state index is 0.295. The number of nitrogens with zero attached hydrogens (tertiary/aromatic N) is 2. The van der Waals surface area contributed by atoms with E-state index in [2.05, 4.69) is 4.98 Å². The lowest BCUT2D eigenvalue weighted by molar-refractivity contribution is 0.617. The smallest absolute Gasteiger partial charge is 0.172 e. The van der Waals surface area contributed by atoms with Crippen LogP contribution in [0.1, 0.15) is 5.56 Å². The minimum atomic E-state index is -0.333. The van der Waals surface area contributed by atoms with Crippen molar-refractivity contribution in [2.24, 2.45) is 0 Å². The van der Waals surface area contributed by atoms with E-state index in [1.165, 1.54) is 30.0 Å². The Bertz CT molecular complexity index is 767. The van der Waals surface area contributed by atoms with Gasteiger partial charge in [-0.15, -0.1) is 0 Å². The SMILES string of the molecule is Fc1ccc(-n2ccnc2SCc2c(F)cccc2Cl)cc1. The van der Waals surface area contributed by atoms with E-state index in [-0.39, 0.29) is 11.6 Å². The van der Waals surface area contributed by atoms with Crippen LogP contribution in [-0.4, -0.2) is 9.55 Å². The molecular formula is C16H11ClF2N2S. The molecule has 0 amide bonds. The lowest BCUT2D eigenvalue weighted by Gasteiger charge is -2.08. The summed E-state index contributed by atoms with van der Waals surface area (Å²) in [4.78, 5) is 4.26. The van der Waals surface area contributed by atoms with Gasteiger partial charge >= 0.3 is 0 Å². The Hall–Kier alpha value is -1.85. The molecule has 3 aromatic rings. The summed E-state index contributed by atoms with van der Waals surface area (Å²) >= 11 is 7.39. The van der Waals surface area contributed by atoms with Gasteiger partial charge in [-0.1, -0.05) is 29.4 Å². The van der Waals surface area contributed by atoms with Crippen molar-refractivity contribution in [1.29, 1.82) is 0 Å². The molecule has 0 saturated heterocycles. The summed E-state index contributed by atoms with van der Waals surface area (Å²) < 4.78 is 28.6. The van der Waals surface area contributed by atoms with Crippen molar-refractivity contribution >= 4 is 23.4 Å². The molecular weight excluding hydrogens is 326 g/mol. The Morgan fingerprint density at radius 3 is 2.59 bits per heavy atom. The maximum absolute atomic E-state index is 13.8. The first-order chi connectivity index (χ1) is 10.6. The van der Waals surface area contributed by atoms with Crippen molar-refractivity contribution in [3.05, 3.63) is 77.1 Å². The van der Waals surface area contributed by atoms with Crippen molar-refractivity contribution in [2.75, 3.05) is 0 Å². The van der Waals surface area contributed by atoms with Crippen molar-refractivity contribution in [3.8, 4) is 5.69 Å². The van der Waals surface area contributed by atoms with Crippen LogP contribution >= 0.6 is 23.4 Å². The fraction of sp³-hybridized carbons (Fsp3) is 0.0625. The topological polar surface area (TPSA) is 17.8 Å². The summed E-state index contributed by atoms with van der Waals surface area (Å²) in [6.07, 6.45) is 3.42. The summed E-state index contributed by atoms with van der Waals surface area (Å²) in [7, 11) is 0. The molecule has 3 rings (SSSR count). The average molecular weight is 337 g/mol. The molecule has 0 N–H and O–H groups in total. The predicted molar refractivity (Wildman–Crippen MR) is 84.5 cm³/mol. The van der Waals surface area contributed by atoms with Crippen LogP contribution in [0, 0.1) is 11.6 Å². The van der Waals surface area contributed by atoms with Gasteiger partial charge in [-0.2, -0.15) is 0 Å². The van der Waals surface area contributed by atoms with Gasteiger partial charge in [-0.05, 0) is 36.4 Å². The molecule has 0 aliphatic heterocycles. The van der Waals surface area contributed by atoms with Crippen LogP contribution in [0.3, 0.4) is 0 Å². The van der Waals surface area contributed by atoms with E-state index in [9.17, 15) is 8.78 Å². The van der Waals surface area contributed by atoms with Crippen molar-refractivity contribution in [2.45, 2.75) is 10.9 Å². The van der Waals surface area contributed by atoms with E-state index >= 15 is 0 Å². The van der Waals surface area contributed by atoms with Crippen molar-refractivity contribution in [3.63, 3.8) is 0 Å². The molecule has 1 heterocycles. The number of aromatic nitrogens is 2. The molecule has 2 nitrogen and oxygen atoms in total.